The van der Waals surface area contributed by atoms with Gasteiger partial charge in [-0.05, 0) is 32.0 Å². The van der Waals surface area contributed by atoms with Gasteiger partial charge < -0.3 is 15.7 Å². The fourth-order valence-corrected chi connectivity index (χ4v) is 3.27. The Morgan fingerprint density at radius 2 is 2.22 bits per heavy atom. The Kier molecular flexibility index (Phi) is 3.43. The lowest BCUT2D eigenvalue weighted by molar-refractivity contribution is 0.0698. The van der Waals surface area contributed by atoms with Gasteiger partial charge in [0.2, 0.25) is 0 Å². The van der Waals surface area contributed by atoms with Crippen molar-refractivity contribution in [1.82, 2.24) is 0 Å². The van der Waals surface area contributed by atoms with Crippen LogP contribution in [-0.2, 0) is 0 Å². The zero-order valence-corrected chi connectivity index (χ0v) is 11.5. The number of nitrogens with zero attached hydrogens (tertiary/aromatic N) is 1. The maximum Gasteiger partial charge on any atom is 0.337 e. The van der Waals surface area contributed by atoms with E-state index >= 15 is 0 Å². The molecule has 0 radical (unpaired) electrons. The first-order chi connectivity index (χ1) is 8.39. The highest BCUT2D eigenvalue weighted by atomic mass is 32.2. The third-order valence-corrected chi connectivity index (χ3v) is 4.36. The Hall–Kier alpha value is -1.36. The first-order valence-electron chi connectivity index (χ1n) is 5.91. The number of anilines is 2. The molecule has 3 N–H and O–H groups in total. The maximum absolute atomic E-state index is 11.1. The van der Waals surface area contributed by atoms with Crippen molar-refractivity contribution in [2.45, 2.75) is 18.6 Å². The van der Waals surface area contributed by atoms with Crippen LogP contribution in [0.4, 0.5) is 11.4 Å². The van der Waals surface area contributed by atoms with Crippen molar-refractivity contribution in [2.75, 3.05) is 29.5 Å². The molecule has 1 aromatic carbocycles. The zero-order chi connectivity index (χ0) is 13.3. The number of aromatic carboxylic acids is 1. The second-order valence-corrected chi connectivity index (χ2v) is 6.91. The summed E-state index contributed by atoms with van der Waals surface area (Å²) in [7, 11) is 0. The van der Waals surface area contributed by atoms with Gasteiger partial charge in [-0.15, -0.1) is 0 Å². The van der Waals surface area contributed by atoms with Crippen molar-refractivity contribution < 1.29 is 9.90 Å². The summed E-state index contributed by atoms with van der Waals surface area (Å²) in [5.74, 6) is 0.0831. The first-order valence-corrected chi connectivity index (χ1v) is 6.89. The smallest absolute Gasteiger partial charge is 0.337 e. The number of hydrogen-bond donors (Lipinski definition) is 2. The molecule has 0 aliphatic carbocycles. The lowest BCUT2D eigenvalue weighted by atomic mass is 10.1. The van der Waals surface area contributed by atoms with Crippen LogP contribution < -0.4 is 10.6 Å². The Labute approximate surface area is 111 Å². The van der Waals surface area contributed by atoms with E-state index in [0.29, 0.717) is 5.69 Å². The highest BCUT2D eigenvalue weighted by molar-refractivity contribution is 8.00. The molecular weight excluding hydrogens is 248 g/mol. The number of rotatable bonds is 2. The minimum atomic E-state index is -0.972. The molecule has 0 unspecified atom stereocenters. The van der Waals surface area contributed by atoms with Gasteiger partial charge in [0, 0.05) is 35.0 Å². The van der Waals surface area contributed by atoms with Gasteiger partial charge in [-0.25, -0.2) is 4.79 Å². The number of benzene rings is 1. The summed E-state index contributed by atoms with van der Waals surface area (Å²) < 4.78 is 0.197. The molecule has 98 valence electrons. The topological polar surface area (TPSA) is 66.6 Å². The molecule has 18 heavy (non-hydrogen) atoms. The van der Waals surface area contributed by atoms with Gasteiger partial charge in [0.25, 0.3) is 0 Å². The summed E-state index contributed by atoms with van der Waals surface area (Å²) in [4.78, 5) is 13.3. The van der Waals surface area contributed by atoms with E-state index in [1.165, 1.54) is 0 Å². The van der Waals surface area contributed by atoms with E-state index in [0.717, 1.165) is 24.5 Å². The molecule has 0 atom stereocenters. The van der Waals surface area contributed by atoms with Gasteiger partial charge in [0.15, 0.2) is 0 Å². The van der Waals surface area contributed by atoms with Crippen LogP contribution in [0.2, 0.25) is 0 Å². The average molecular weight is 266 g/mol. The van der Waals surface area contributed by atoms with E-state index in [1.54, 1.807) is 12.1 Å². The molecule has 0 aromatic heterocycles. The quantitative estimate of drug-likeness (QED) is 0.804. The number of hydrogen-bond acceptors (Lipinski definition) is 4. The summed E-state index contributed by atoms with van der Waals surface area (Å²) in [6.07, 6.45) is 0. The maximum atomic E-state index is 11.1. The normalized spacial score (nSPS) is 18.7. The molecule has 1 fully saturated rings. The van der Waals surface area contributed by atoms with E-state index in [2.05, 4.69) is 18.7 Å². The van der Waals surface area contributed by atoms with Crippen molar-refractivity contribution in [2.24, 2.45) is 0 Å². The number of thioether (sulfide) groups is 1. The second kappa shape index (κ2) is 4.72. The number of carbonyl (C=O) groups is 1. The molecule has 4 nitrogen and oxygen atoms in total. The minimum absolute atomic E-state index is 0.184. The predicted molar refractivity (Wildman–Crippen MR) is 76.6 cm³/mol. The van der Waals surface area contributed by atoms with Crippen LogP contribution in [-0.4, -0.2) is 34.7 Å². The van der Waals surface area contributed by atoms with Gasteiger partial charge in [0.05, 0.1) is 5.56 Å². The fourth-order valence-electron chi connectivity index (χ4n) is 2.16. The fraction of sp³-hybridized carbons (Fsp3) is 0.462. The summed E-state index contributed by atoms with van der Waals surface area (Å²) >= 11 is 1.95. The summed E-state index contributed by atoms with van der Waals surface area (Å²) in [6.45, 7) is 6.27. The number of carboxylic acids is 1. The molecule has 0 spiro atoms. The highest BCUT2D eigenvalue weighted by Crippen LogP contribution is 2.33. The average Bonchev–Trinajstić information content (AvgIpc) is 2.27. The lowest BCUT2D eigenvalue weighted by Gasteiger charge is -2.39. The molecular formula is C13H18N2O2S. The molecule has 1 aromatic rings. The SMILES string of the molecule is CC1(C)CN(c2ccc(N)c(C(=O)O)c2)CCS1. The van der Waals surface area contributed by atoms with Crippen LogP contribution in [0.5, 0.6) is 0 Å². The third-order valence-electron chi connectivity index (χ3n) is 3.06. The van der Waals surface area contributed by atoms with Crippen LogP contribution in [0.15, 0.2) is 18.2 Å². The van der Waals surface area contributed by atoms with Gasteiger partial charge in [0.1, 0.15) is 0 Å². The van der Waals surface area contributed by atoms with Crippen LogP contribution in [0, 0.1) is 0 Å². The summed E-state index contributed by atoms with van der Waals surface area (Å²) in [5.41, 5.74) is 7.11. The minimum Gasteiger partial charge on any atom is -0.478 e. The Balaban J connectivity index is 2.28. The van der Waals surface area contributed by atoms with Crippen molar-refractivity contribution in [3.63, 3.8) is 0 Å². The Morgan fingerprint density at radius 3 is 2.83 bits per heavy atom. The number of nitrogen functional groups attached to an aromatic ring is 1. The molecule has 1 heterocycles. The van der Waals surface area contributed by atoms with Gasteiger partial charge in [-0.1, -0.05) is 0 Å². The van der Waals surface area contributed by atoms with E-state index in [4.69, 9.17) is 10.8 Å². The summed E-state index contributed by atoms with van der Waals surface area (Å²) in [6, 6.07) is 5.24. The standard InChI is InChI=1S/C13H18N2O2S/c1-13(2)8-15(5-6-18-13)9-3-4-11(14)10(7-9)12(16)17/h3-4,7H,5-6,8,14H2,1-2H3,(H,16,17). The van der Waals surface area contributed by atoms with Crippen molar-refractivity contribution in [3.05, 3.63) is 23.8 Å². The third kappa shape index (κ3) is 2.72. The highest BCUT2D eigenvalue weighted by Gasteiger charge is 2.27. The van der Waals surface area contributed by atoms with Gasteiger partial charge in [-0.2, -0.15) is 11.8 Å². The van der Waals surface area contributed by atoms with Crippen LogP contribution in [0.1, 0.15) is 24.2 Å². The summed E-state index contributed by atoms with van der Waals surface area (Å²) in [5, 5.41) is 9.09. The molecule has 5 heteroatoms. The number of nitrogens with two attached hydrogens (primary N) is 1. The van der Waals surface area contributed by atoms with E-state index in [9.17, 15) is 4.79 Å². The van der Waals surface area contributed by atoms with Crippen molar-refractivity contribution in [3.8, 4) is 0 Å². The molecule has 0 saturated carbocycles. The van der Waals surface area contributed by atoms with Crippen LogP contribution in [0.25, 0.3) is 0 Å². The van der Waals surface area contributed by atoms with Crippen LogP contribution in [0.3, 0.4) is 0 Å². The van der Waals surface area contributed by atoms with Crippen LogP contribution >= 0.6 is 11.8 Å². The number of carboxylic acid groups (broad SMARTS) is 1. The van der Waals surface area contributed by atoms with Gasteiger partial charge in [-0.3, -0.25) is 0 Å². The van der Waals surface area contributed by atoms with E-state index < -0.39 is 5.97 Å². The molecule has 0 bridgehead atoms. The van der Waals surface area contributed by atoms with Crippen molar-refractivity contribution >= 4 is 29.1 Å². The molecule has 2 rings (SSSR count). The molecule has 1 aliphatic heterocycles. The Bertz CT molecular complexity index is 474. The Morgan fingerprint density at radius 1 is 1.50 bits per heavy atom. The predicted octanol–water partition coefficient (Wildman–Crippen LogP) is 2.30. The first kappa shape index (κ1) is 13.1. The second-order valence-electron chi connectivity index (χ2n) is 5.11. The van der Waals surface area contributed by atoms with E-state index in [1.807, 2.05) is 17.8 Å². The van der Waals surface area contributed by atoms with E-state index in [-0.39, 0.29) is 10.3 Å². The lowest BCUT2D eigenvalue weighted by Crippen LogP contribution is -2.43. The molecule has 0 amide bonds. The zero-order valence-electron chi connectivity index (χ0n) is 10.6. The largest absolute Gasteiger partial charge is 0.478 e. The molecule has 1 saturated heterocycles. The molecule has 1 aliphatic rings. The van der Waals surface area contributed by atoms with Gasteiger partial charge >= 0.3 is 5.97 Å². The monoisotopic (exact) mass is 266 g/mol. The van der Waals surface area contributed by atoms with Crippen molar-refractivity contribution in [1.29, 1.82) is 0 Å².